The van der Waals surface area contributed by atoms with Crippen LogP contribution in [0.1, 0.15) is 0 Å². The fraction of sp³-hybridized carbons (Fsp3) is 1.00. The fourth-order valence-electron chi connectivity index (χ4n) is 0.509. The average molecular weight is 191 g/mol. The molecule has 0 aliphatic carbocycles. The number of rotatable bonds is 0. The van der Waals surface area contributed by atoms with E-state index in [1.54, 1.807) is 0 Å². The predicted molar refractivity (Wildman–Crippen MR) is 38.7 cm³/mol. The molecule has 0 N–H and O–H groups in total. The van der Waals surface area contributed by atoms with E-state index in [1.165, 1.54) is 0 Å². The quantitative estimate of drug-likeness (QED) is 0.406. The minimum absolute atomic E-state index is 0.530. The molecule has 0 spiro atoms. The van der Waals surface area contributed by atoms with Crippen LogP contribution in [0.2, 0.25) is 11.3 Å². The second-order valence-corrected chi connectivity index (χ2v) is 13.8. The Morgan fingerprint density at radius 1 is 1.29 bits per heavy atom. The minimum atomic E-state index is -1.66. The predicted octanol–water partition coefficient (Wildman–Crippen LogP) is 2.23. The smallest absolute Gasteiger partial charge is 0.169 e. The van der Waals surface area contributed by atoms with Gasteiger partial charge in [0.25, 0.3) is 0 Å². The first-order valence-electron chi connectivity index (χ1n) is 1.98. The van der Waals surface area contributed by atoms with Gasteiger partial charge in [0.2, 0.25) is 6.69 Å². The molecule has 1 heterocycles. The van der Waals surface area contributed by atoms with Crippen LogP contribution < -0.4 is 0 Å². The van der Waals surface area contributed by atoms with Gasteiger partial charge < -0.3 is 0 Å². The van der Waals surface area contributed by atoms with Crippen molar-refractivity contribution in [1.82, 2.24) is 0 Å². The van der Waals surface area contributed by atoms with Gasteiger partial charge in [0.1, 0.15) is 0 Å². The lowest BCUT2D eigenvalue weighted by atomic mass is 11.8. The van der Waals surface area contributed by atoms with Crippen LogP contribution in [0.15, 0.2) is 0 Å². The Labute approximate surface area is 59.5 Å². The third-order valence-corrected chi connectivity index (χ3v) is 15.3. The third kappa shape index (κ3) is 1.61. The minimum Gasteiger partial charge on any atom is -0.169 e. The van der Waals surface area contributed by atoms with E-state index in [9.17, 15) is 0 Å². The molecule has 0 aromatic carbocycles. The summed E-state index contributed by atoms with van der Waals surface area (Å²) in [5.41, 5.74) is 1.95. The molecule has 7 heavy (non-hydrogen) atoms. The average Bonchev–Trinajstić information content (AvgIpc) is 1.27. The van der Waals surface area contributed by atoms with E-state index in [2.05, 4.69) is 0 Å². The maximum absolute atomic E-state index is 5.74. The van der Waals surface area contributed by atoms with Gasteiger partial charge in [0, 0.05) is 0 Å². The molecule has 5 heteroatoms. The van der Waals surface area contributed by atoms with Crippen molar-refractivity contribution < 1.29 is 0 Å². The molecule has 0 aromatic rings. The van der Waals surface area contributed by atoms with Gasteiger partial charge in [-0.1, -0.05) is 0 Å². The normalized spacial score (nSPS) is 29.6. The van der Waals surface area contributed by atoms with Crippen molar-refractivity contribution in [1.29, 1.82) is 0 Å². The lowest BCUT2D eigenvalue weighted by Gasteiger charge is -2.28. The van der Waals surface area contributed by atoms with Crippen LogP contribution in [-0.2, 0) is 0 Å². The summed E-state index contributed by atoms with van der Waals surface area (Å²) < 4.78 is 0. The Kier molecular flexibility index (Phi) is 1.76. The summed E-state index contributed by atoms with van der Waals surface area (Å²) in [6.07, 6.45) is 0. The second-order valence-electron chi connectivity index (χ2n) is 1.73. The van der Waals surface area contributed by atoms with Crippen molar-refractivity contribution in [3.63, 3.8) is 0 Å². The van der Waals surface area contributed by atoms with Gasteiger partial charge in [-0.2, -0.15) is 11.1 Å². The summed E-state index contributed by atoms with van der Waals surface area (Å²) in [6, 6.07) is 0. The van der Waals surface area contributed by atoms with E-state index in [4.69, 9.17) is 33.2 Å². The largest absolute Gasteiger partial charge is 0.248 e. The van der Waals surface area contributed by atoms with Crippen LogP contribution in [0.5, 0.6) is 0 Å². The first kappa shape index (κ1) is 6.42. The van der Waals surface area contributed by atoms with E-state index < -0.39 is 14.8 Å². The molecule has 1 rings (SSSR count). The van der Waals surface area contributed by atoms with Crippen LogP contribution in [-0.4, -0.2) is 14.8 Å². The Balaban J connectivity index is 2.29. The molecule has 0 aromatic heterocycles. The molecule has 1 fully saturated rings. The van der Waals surface area contributed by atoms with Gasteiger partial charge in [0.15, 0.2) is 8.11 Å². The Hall–Kier alpha value is 1.30. The molecule has 0 saturated carbocycles. The Morgan fingerprint density at radius 3 is 1.71 bits per heavy atom. The number of hydrogen-bond acceptors (Lipinski definition) is 0. The highest BCUT2D eigenvalue weighted by atomic mass is 35.7. The second kappa shape index (κ2) is 1.92. The van der Waals surface area contributed by atoms with Crippen molar-refractivity contribution >= 4 is 48.0 Å². The molecule has 0 amide bonds. The van der Waals surface area contributed by atoms with Crippen LogP contribution in [0, 0.1) is 0 Å². The highest BCUT2D eigenvalue weighted by molar-refractivity contribution is 7.56. The van der Waals surface area contributed by atoms with Gasteiger partial charge in [-0.3, -0.25) is 0 Å². The molecule has 0 atom stereocenters. The molecule has 41 valence electrons. The standard InChI is InChI=1S/C2H4Cl3Si2/c3-6-1-7(4,5)2-6/h1-2H2. The first-order chi connectivity index (χ1) is 3.10. The zero-order valence-corrected chi connectivity index (χ0v) is 7.82. The van der Waals surface area contributed by atoms with E-state index in [-0.39, 0.29) is 0 Å². The molecule has 0 nitrogen and oxygen atoms in total. The maximum atomic E-state index is 5.74. The van der Waals surface area contributed by atoms with Gasteiger partial charge in [-0.25, -0.2) is 0 Å². The van der Waals surface area contributed by atoms with Gasteiger partial charge in [-0.15, -0.1) is 22.2 Å². The first-order valence-corrected chi connectivity index (χ1v) is 9.35. The number of hydrogen-bond donors (Lipinski definition) is 0. The summed E-state index contributed by atoms with van der Waals surface area (Å²) in [4.78, 5) is 0. The third-order valence-electron chi connectivity index (χ3n) is 0.901. The molecule has 0 unspecified atom stereocenters. The summed E-state index contributed by atoms with van der Waals surface area (Å²) >= 11 is 17.2. The van der Waals surface area contributed by atoms with Crippen LogP contribution in [0.25, 0.3) is 0 Å². The summed E-state index contributed by atoms with van der Waals surface area (Å²) in [5.74, 6) is 0. The van der Waals surface area contributed by atoms with E-state index in [0.717, 1.165) is 11.3 Å². The highest BCUT2D eigenvalue weighted by Gasteiger charge is 2.44. The monoisotopic (exact) mass is 189 g/mol. The highest BCUT2D eigenvalue weighted by Crippen LogP contribution is 2.39. The lowest BCUT2D eigenvalue weighted by molar-refractivity contribution is 1.63. The van der Waals surface area contributed by atoms with Crippen LogP contribution in [0.3, 0.4) is 0 Å². The molecular formula is C2H4Cl3Si2. The Morgan fingerprint density at radius 2 is 1.71 bits per heavy atom. The lowest BCUT2D eigenvalue weighted by Crippen LogP contribution is -2.41. The topological polar surface area (TPSA) is 0 Å². The molecule has 1 aliphatic rings. The Bertz CT molecular complexity index is 75.0. The SMILES string of the molecule is Cl[Si]1C[Si](Cl)(Cl)C1. The van der Waals surface area contributed by atoms with Crippen molar-refractivity contribution in [2.75, 3.05) is 0 Å². The van der Waals surface area contributed by atoms with Crippen molar-refractivity contribution in [2.24, 2.45) is 0 Å². The summed E-state index contributed by atoms with van der Waals surface area (Å²) in [7, 11) is -0.530. The van der Waals surface area contributed by atoms with Gasteiger partial charge >= 0.3 is 0 Å². The zero-order valence-electron chi connectivity index (χ0n) is 3.55. The molecule has 1 aliphatic heterocycles. The molecule has 1 saturated heterocycles. The van der Waals surface area contributed by atoms with E-state index in [1.807, 2.05) is 0 Å². The van der Waals surface area contributed by atoms with Crippen molar-refractivity contribution in [3.05, 3.63) is 0 Å². The fourth-order valence-corrected chi connectivity index (χ4v) is 17.0. The summed E-state index contributed by atoms with van der Waals surface area (Å²) in [5, 5.41) is 0. The number of halogens is 3. The maximum Gasteiger partial charge on any atom is 0.248 e. The van der Waals surface area contributed by atoms with Crippen LogP contribution >= 0.6 is 33.2 Å². The van der Waals surface area contributed by atoms with Crippen LogP contribution in [0.4, 0.5) is 0 Å². The molecular weight excluding hydrogens is 187 g/mol. The molecule has 0 bridgehead atoms. The van der Waals surface area contributed by atoms with E-state index in [0.29, 0.717) is 0 Å². The van der Waals surface area contributed by atoms with E-state index >= 15 is 0 Å². The summed E-state index contributed by atoms with van der Waals surface area (Å²) in [6.45, 7) is -1.66. The van der Waals surface area contributed by atoms with Crippen molar-refractivity contribution in [2.45, 2.75) is 11.3 Å². The zero-order chi connectivity index (χ0) is 5.49. The molecule has 1 radical (unpaired) electrons. The van der Waals surface area contributed by atoms with Crippen molar-refractivity contribution in [3.8, 4) is 0 Å². The van der Waals surface area contributed by atoms with Gasteiger partial charge in [-0.05, 0) is 11.3 Å². The van der Waals surface area contributed by atoms with Gasteiger partial charge in [0.05, 0.1) is 0 Å².